The molecule has 0 amide bonds. The zero-order chi connectivity index (χ0) is 16.4. The first kappa shape index (κ1) is 14.7. The van der Waals surface area contributed by atoms with E-state index in [1.165, 1.54) is 18.5 Å². The highest BCUT2D eigenvalue weighted by atomic mass is 19.4. The second kappa shape index (κ2) is 5.53. The van der Waals surface area contributed by atoms with Crippen LogP contribution in [0.15, 0.2) is 47.2 Å². The quantitative estimate of drug-likeness (QED) is 0.720. The van der Waals surface area contributed by atoms with E-state index in [4.69, 9.17) is 9.78 Å². The molecule has 0 bridgehead atoms. The molecule has 5 nitrogen and oxygen atoms in total. The fourth-order valence-electron chi connectivity index (χ4n) is 1.94. The maximum Gasteiger partial charge on any atom is 0.416 e. The lowest BCUT2D eigenvalue weighted by Crippen LogP contribution is -2.05. The van der Waals surface area contributed by atoms with Gasteiger partial charge in [0.15, 0.2) is 0 Å². The Kier molecular flexibility index (Phi) is 3.54. The zero-order valence-electron chi connectivity index (χ0n) is 11.4. The standard InChI is InChI=1S/C15H7F3N4O/c16-15(17,18)12-6-9(8-19)5-11(7-12)14-21-13(22-23-14)10-1-3-20-4-2-10/h1-7H. The van der Waals surface area contributed by atoms with Crippen LogP contribution in [0.1, 0.15) is 11.1 Å². The first-order chi connectivity index (χ1) is 11.0. The summed E-state index contributed by atoms with van der Waals surface area (Å²) in [7, 11) is 0. The number of hydrogen-bond donors (Lipinski definition) is 0. The molecular weight excluding hydrogens is 309 g/mol. The minimum atomic E-state index is -4.57. The van der Waals surface area contributed by atoms with Gasteiger partial charge in [-0.05, 0) is 30.3 Å². The predicted molar refractivity (Wildman–Crippen MR) is 72.7 cm³/mol. The number of rotatable bonds is 2. The third-order valence-electron chi connectivity index (χ3n) is 3.00. The van der Waals surface area contributed by atoms with Crippen molar-refractivity contribution in [2.75, 3.05) is 0 Å². The van der Waals surface area contributed by atoms with Crippen LogP contribution in [0.4, 0.5) is 13.2 Å². The third kappa shape index (κ3) is 3.03. The molecule has 1 aromatic carbocycles. The number of halogens is 3. The molecule has 0 saturated heterocycles. The van der Waals surface area contributed by atoms with Gasteiger partial charge >= 0.3 is 6.18 Å². The molecule has 2 aromatic heterocycles. The predicted octanol–water partition coefficient (Wildman–Crippen LogP) is 3.69. The molecule has 0 aliphatic rings. The minimum Gasteiger partial charge on any atom is -0.334 e. The number of alkyl halides is 3. The molecule has 0 fully saturated rings. The molecule has 0 N–H and O–H groups in total. The maximum absolute atomic E-state index is 12.9. The lowest BCUT2D eigenvalue weighted by Gasteiger charge is -2.07. The Bertz CT molecular complexity index is 882. The highest BCUT2D eigenvalue weighted by Crippen LogP contribution is 2.33. The number of pyridine rings is 1. The smallest absolute Gasteiger partial charge is 0.334 e. The van der Waals surface area contributed by atoms with Crippen molar-refractivity contribution >= 4 is 0 Å². The summed E-state index contributed by atoms with van der Waals surface area (Å²) in [6, 6.07) is 7.87. The summed E-state index contributed by atoms with van der Waals surface area (Å²) >= 11 is 0. The van der Waals surface area contributed by atoms with E-state index in [1.807, 2.05) is 0 Å². The molecule has 8 heteroatoms. The van der Waals surface area contributed by atoms with Gasteiger partial charge in [0.05, 0.1) is 17.2 Å². The molecule has 23 heavy (non-hydrogen) atoms. The van der Waals surface area contributed by atoms with Crippen molar-refractivity contribution < 1.29 is 17.7 Å². The lowest BCUT2D eigenvalue weighted by molar-refractivity contribution is -0.137. The summed E-state index contributed by atoms with van der Waals surface area (Å²) in [5, 5.41) is 12.6. The lowest BCUT2D eigenvalue weighted by atomic mass is 10.1. The summed E-state index contributed by atoms with van der Waals surface area (Å²) in [5.74, 6) is 0.123. The third-order valence-corrected chi connectivity index (χ3v) is 3.00. The molecule has 0 atom stereocenters. The van der Waals surface area contributed by atoms with Crippen LogP contribution in [0.3, 0.4) is 0 Å². The van der Waals surface area contributed by atoms with Crippen molar-refractivity contribution in [2.24, 2.45) is 0 Å². The van der Waals surface area contributed by atoms with E-state index in [0.29, 0.717) is 5.56 Å². The van der Waals surface area contributed by atoms with Crippen molar-refractivity contribution in [1.82, 2.24) is 15.1 Å². The summed E-state index contributed by atoms with van der Waals surface area (Å²) in [5.41, 5.74) is -0.444. The molecule has 2 heterocycles. The first-order valence-corrected chi connectivity index (χ1v) is 6.34. The SMILES string of the molecule is N#Cc1cc(-c2nc(-c3ccncc3)no2)cc(C(F)(F)F)c1. The fourth-order valence-corrected chi connectivity index (χ4v) is 1.94. The fraction of sp³-hybridized carbons (Fsp3) is 0.0667. The molecule has 0 unspecified atom stereocenters. The van der Waals surface area contributed by atoms with Gasteiger partial charge in [0.25, 0.3) is 5.89 Å². The molecule has 0 saturated carbocycles. The molecule has 0 spiro atoms. The van der Waals surface area contributed by atoms with Crippen molar-refractivity contribution in [3.63, 3.8) is 0 Å². The number of benzene rings is 1. The van der Waals surface area contributed by atoms with Gasteiger partial charge < -0.3 is 4.52 Å². The Morgan fingerprint density at radius 2 is 1.78 bits per heavy atom. The van der Waals surface area contributed by atoms with Crippen molar-refractivity contribution in [3.05, 3.63) is 53.9 Å². The van der Waals surface area contributed by atoms with E-state index in [9.17, 15) is 13.2 Å². The van der Waals surface area contributed by atoms with Crippen LogP contribution in [0.5, 0.6) is 0 Å². The molecule has 0 radical (unpaired) electrons. The van der Waals surface area contributed by atoms with Gasteiger partial charge in [-0.25, -0.2) is 0 Å². The van der Waals surface area contributed by atoms with Crippen molar-refractivity contribution in [2.45, 2.75) is 6.18 Å². The summed E-state index contributed by atoms with van der Waals surface area (Å²) in [6.07, 6.45) is -1.51. The number of hydrogen-bond acceptors (Lipinski definition) is 5. The average Bonchev–Trinajstić information content (AvgIpc) is 3.04. The van der Waals surface area contributed by atoms with Crippen molar-refractivity contribution in [1.29, 1.82) is 5.26 Å². The highest BCUT2D eigenvalue weighted by Gasteiger charge is 2.31. The van der Waals surface area contributed by atoms with E-state index >= 15 is 0 Å². The number of nitriles is 1. The first-order valence-electron chi connectivity index (χ1n) is 6.34. The average molecular weight is 316 g/mol. The number of nitrogens with zero attached hydrogens (tertiary/aromatic N) is 4. The highest BCUT2D eigenvalue weighted by molar-refractivity contribution is 5.62. The van der Waals surface area contributed by atoms with Gasteiger partial charge in [-0.3, -0.25) is 4.98 Å². The van der Waals surface area contributed by atoms with Gasteiger partial charge in [0.2, 0.25) is 5.82 Å². The summed E-state index contributed by atoms with van der Waals surface area (Å²) < 4.78 is 43.7. The van der Waals surface area contributed by atoms with Crippen LogP contribution in [-0.2, 0) is 6.18 Å². The van der Waals surface area contributed by atoms with Crippen LogP contribution in [-0.4, -0.2) is 15.1 Å². The van der Waals surface area contributed by atoms with Crippen LogP contribution in [0, 0.1) is 11.3 Å². The van der Waals surface area contributed by atoms with E-state index in [0.717, 1.165) is 12.1 Å². The van der Waals surface area contributed by atoms with Gasteiger partial charge in [-0.15, -0.1) is 0 Å². The van der Waals surface area contributed by atoms with Gasteiger partial charge in [-0.1, -0.05) is 5.16 Å². The Balaban J connectivity index is 2.06. The van der Waals surface area contributed by atoms with Gasteiger partial charge in [-0.2, -0.15) is 23.4 Å². The molecule has 0 aliphatic carbocycles. The van der Waals surface area contributed by atoms with E-state index in [-0.39, 0.29) is 22.8 Å². The number of aromatic nitrogens is 3. The second-order valence-electron chi connectivity index (χ2n) is 4.57. The summed E-state index contributed by atoms with van der Waals surface area (Å²) in [4.78, 5) is 7.92. The van der Waals surface area contributed by atoms with E-state index in [1.54, 1.807) is 18.2 Å². The zero-order valence-corrected chi connectivity index (χ0v) is 11.4. The van der Waals surface area contributed by atoms with Gasteiger partial charge in [0, 0.05) is 23.5 Å². The normalized spacial score (nSPS) is 11.2. The van der Waals surface area contributed by atoms with Crippen LogP contribution >= 0.6 is 0 Å². The molecular formula is C15H7F3N4O. The Morgan fingerprint density at radius 3 is 2.43 bits per heavy atom. The van der Waals surface area contributed by atoms with E-state index < -0.39 is 11.7 Å². The Hall–Kier alpha value is -3.21. The molecule has 0 aliphatic heterocycles. The van der Waals surface area contributed by atoms with Crippen LogP contribution in [0.2, 0.25) is 0 Å². The Labute approximate surface area is 128 Å². The molecule has 114 valence electrons. The molecule has 3 aromatic rings. The van der Waals surface area contributed by atoms with Crippen molar-refractivity contribution in [3.8, 4) is 28.9 Å². The Morgan fingerprint density at radius 1 is 1.04 bits per heavy atom. The van der Waals surface area contributed by atoms with Crippen LogP contribution < -0.4 is 0 Å². The second-order valence-corrected chi connectivity index (χ2v) is 4.57. The minimum absolute atomic E-state index is 0.0316. The topological polar surface area (TPSA) is 75.6 Å². The maximum atomic E-state index is 12.9. The largest absolute Gasteiger partial charge is 0.416 e. The van der Waals surface area contributed by atoms with E-state index in [2.05, 4.69) is 15.1 Å². The van der Waals surface area contributed by atoms with Crippen LogP contribution in [0.25, 0.3) is 22.8 Å². The van der Waals surface area contributed by atoms with Gasteiger partial charge in [0.1, 0.15) is 0 Å². The molecule has 3 rings (SSSR count). The summed E-state index contributed by atoms with van der Waals surface area (Å²) in [6.45, 7) is 0. The monoisotopic (exact) mass is 316 g/mol.